The number of anilines is 1. The zero-order valence-corrected chi connectivity index (χ0v) is 9.64. The lowest BCUT2D eigenvalue weighted by Gasteiger charge is -2.06. The molecule has 2 rings (SSSR count). The Labute approximate surface area is 101 Å². The lowest BCUT2D eigenvalue weighted by atomic mass is 10.2. The van der Waals surface area contributed by atoms with Gasteiger partial charge in [-0.3, -0.25) is 0 Å². The van der Waals surface area contributed by atoms with E-state index in [0.717, 1.165) is 22.8 Å². The van der Waals surface area contributed by atoms with Gasteiger partial charge in [0.05, 0.1) is 12.2 Å². The Morgan fingerprint density at radius 3 is 3.00 bits per heavy atom. The van der Waals surface area contributed by atoms with E-state index < -0.39 is 0 Å². The molecule has 3 nitrogen and oxygen atoms in total. The van der Waals surface area contributed by atoms with Crippen LogP contribution in [0.2, 0.25) is 0 Å². The van der Waals surface area contributed by atoms with Crippen LogP contribution in [0.3, 0.4) is 0 Å². The van der Waals surface area contributed by atoms with E-state index in [-0.39, 0.29) is 0 Å². The highest BCUT2D eigenvalue weighted by Crippen LogP contribution is 2.10. The highest BCUT2D eigenvalue weighted by Gasteiger charge is 1.97. The van der Waals surface area contributed by atoms with Crippen molar-refractivity contribution in [1.82, 2.24) is 9.97 Å². The van der Waals surface area contributed by atoms with Crippen LogP contribution in [0.1, 0.15) is 17.1 Å². The summed E-state index contributed by atoms with van der Waals surface area (Å²) in [6.45, 7) is 2.54. The summed E-state index contributed by atoms with van der Waals surface area (Å²) in [5, 5.41) is 3.28. The number of rotatable bonds is 3. The Morgan fingerprint density at radius 2 is 2.24 bits per heavy atom. The van der Waals surface area contributed by atoms with Gasteiger partial charge in [0.1, 0.15) is 5.82 Å². The maximum absolute atomic E-state index is 5.35. The fraction of sp³-hybridized carbons (Fsp3) is 0.143. The molecule has 0 saturated heterocycles. The fourth-order valence-electron chi connectivity index (χ4n) is 1.52. The highest BCUT2D eigenvalue weighted by molar-refractivity contribution is 5.50. The molecule has 0 unspecified atom stereocenters. The fourth-order valence-corrected chi connectivity index (χ4v) is 1.52. The summed E-state index contributed by atoms with van der Waals surface area (Å²) >= 11 is 0. The zero-order valence-electron chi connectivity index (χ0n) is 9.64. The molecule has 1 heterocycles. The minimum atomic E-state index is 0.664. The largest absolute Gasteiger partial charge is 0.379 e. The SMILES string of the molecule is C#Cc1cccc(NCc2ccnc(C)n2)c1. The second-order valence-corrected chi connectivity index (χ2v) is 3.67. The molecule has 0 radical (unpaired) electrons. The molecule has 1 aromatic heterocycles. The summed E-state index contributed by atoms with van der Waals surface area (Å²) in [5.41, 5.74) is 2.83. The Hall–Kier alpha value is -2.34. The second kappa shape index (κ2) is 5.13. The van der Waals surface area contributed by atoms with Crippen molar-refractivity contribution in [2.24, 2.45) is 0 Å². The molecule has 0 aliphatic heterocycles. The summed E-state index contributed by atoms with van der Waals surface area (Å²) in [6, 6.07) is 9.65. The molecule has 0 aliphatic carbocycles. The first-order valence-corrected chi connectivity index (χ1v) is 5.37. The quantitative estimate of drug-likeness (QED) is 0.812. The van der Waals surface area contributed by atoms with Gasteiger partial charge >= 0.3 is 0 Å². The third-order valence-electron chi connectivity index (χ3n) is 2.34. The molecular formula is C14H13N3. The first-order valence-electron chi connectivity index (χ1n) is 5.37. The van der Waals surface area contributed by atoms with Crippen LogP contribution < -0.4 is 5.32 Å². The molecule has 0 spiro atoms. The van der Waals surface area contributed by atoms with Crippen LogP contribution in [-0.2, 0) is 6.54 Å². The molecular weight excluding hydrogens is 210 g/mol. The minimum Gasteiger partial charge on any atom is -0.379 e. The monoisotopic (exact) mass is 223 g/mol. The van der Waals surface area contributed by atoms with Gasteiger partial charge in [-0.25, -0.2) is 9.97 Å². The summed E-state index contributed by atoms with van der Waals surface area (Å²) in [5.74, 6) is 3.39. The molecule has 17 heavy (non-hydrogen) atoms. The van der Waals surface area contributed by atoms with Crippen LogP contribution in [-0.4, -0.2) is 9.97 Å². The number of aromatic nitrogens is 2. The molecule has 3 heteroatoms. The molecule has 0 fully saturated rings. The molecule has 0 amide bonds. The lowest BCUT2D eigenvalue weighted by molar-refractivity contribution is 0.955. The first-order chi connectivity index (χ1) is 8.28. The van der Waals surface area contributed by atoms with Crippen molar-refractivity contribution >= 4 is 5.69 Å². The van der Waals surface area contributed by atoms with Crippen LogP contribution in [0, 0.1) is 19.3 Å². The molecule has 0 atom stereocenters. The van der Waals surface area contributed by atoms with Gasteiger partial charge in [0.15, 0.2) is 0 Å². The van der Waals surface area contributed by atoms with Gasteiger partial charge in [-0.1, -0.05) is 12.0 Å². The van der Waals surface area contributed by atoms with Crippen molar-refractivity contribution in [3.8, 4) is 12.3 Å². The topological polar surface area (TPSA) is 37.8 Å². The Bertz CT molecular complexity index is 555. The molecule has 0 aliphatic rings. The summed E-state index contributed by atoms with van der Waals surface area (Å²) in [7, 11) is 0. The number of hydrogen-bond donors (Lipinski definition) is 1. The van der Waals surface area contributed by atoms with E-state index in [4.69, 9.17) is 6.42 Å². The standard InChI is InChI=1S/C14H13N3/c1-3-12-5-4-6-13(9-12)16-10-14-7-8-15-11(2)17-14/h1,4-9,16H,10H2,2H3. The van der Waals surface area contributed by atoms with E-state index >= 15 is 0 Å². The van der Waals surface area contributed by atoms with Crippen LogP contribution in [0.5, 0.6) is 0 Å². The third-order valence-corrected chi connectivity index (χ3v) is 2.34. The summed E-state index contributed by atoms with van der Waals surface area (Å²) in [4.78, 5) is 8.37. The van der Waals surface area contributed by atoms with Gasteiger partial charge in [0.2, 0.25) is 0 Å². The van der Waals surface area contributed by atoms with Gasteiger partial charge in [-0.05, 0) is 31.2 Å². The number of benzene rings is 1. The molecule has 0 bridgehead atoms. The normalized spacial score (nSPS) is 9.65. The number of aryl methyl sites for hydroxylation is 1. The van der Waals surface area contributed by atoms with Crippen molar-refractivity contribution in [1.29, 1.82) is 0 Å². The Balaban J connectivity index is 2.05. The molecule has 1 aromatic carbocycles. The summed E-state index contributed by atoms with van der Waals surface area (Å²) in [6.07, 6.45) is 7.11. The Morgan fingerprint density at radius 1 is 1.35 bits per heavy atom. The zero-order chi connectivity index (χ0) is 12.1. The van der Waals surface area contributed by atoms with Crippen LogP contribution in [0.4, 0.5) is 5.69 Å². The number of hydrogen-bond acceptors (Lipinski definition) is 3. The molecule has 84 valence electrons. The van der Waals surface area contributed by atoms with Gasteiger partial charge < -0.3 is 5.32 Å². The van der Waals surface area contributed by atoms with Crippen LogP contribution in [0.15, 0.2) is 36.5 Å². The average molecular weight is 223 g/mol. The van der Waals surface area contributed by atoms with E-state index in [1.165, 1.54) is 0 Å². The predicted octanol–water partition coefficient (Wildman–Crippen LogP) is 2.38. The lowest BCUT2D eigenvalue weighted by Crippen LogP contribution is -2.03. The van der Waals surface area contributed by atoms with E-state index in [9.17, 15) is 0 Å². The van der Waals surface area contributed by atoms with Crippen LogP contribution in [0.25, 0.3) is 0 Å². The van der Waals surface area contributed by atoms with E-state index in [1.807, 2.05) is 37.3 Å². The van der Waals surface area contributed by atoms with Crippen molar-refractivity contribution in [3.63, 3.8) is 0 Å². The predicted molar refractivity (Wildman–Crippen MR) is 68.5 cm³/mol. The minimum absolute atomic E-state index is 0.664. The number of nitrogens with zero attached hydrogens (tertiary/aromatic N) is 2. The number of nitrogens with one attached hydrogen (secondary N) is 1. The smallest absolute Gasteiger partial charge is 0.125 e. The van der Waals surface area contributed by atoms with Gasteiger partial charge in [-0.15, -0.1) is 6.42 Å². The van der Waals surface area contributed by atoms with E-state index in [0.29, 0.717) is 6.54 Å². The van der Waals surface area contributed by atoms with Crippen molar-refractivity contribution in [2.75, 3.05) is 5.32 Å². The van der Waals surface area contributed by atoms with Crippen LogP contribution >= 0.6 is 0 Å². The maximum Gasteiger partial charge on any atom is 0.125 e. The second-order valence-electron chi connectivity index (χ2n) is 3.67. The van der Waals surface area contributed by atoms with Gasteiger partial charge in [0, 0.05) is 17.4 Å². The van der Waals surface area contributed by atoms with E-state index in [2.05, 4.69) is 21.2 Å². The van der Waals surface area contributed by atoms with Crippen molar-refractivity contribution < 1.29 is 0 Å². The van der Waals surface area contributed by atoms with Crippen molar-refractivity contribution in [3.05, 3.63) is 53.6 Å². The van der Waals surface area contributed by atoms with E-state index in [1.54, 1.807) is 6.20 Å². The van der Waals surface area contributed by atoms with Gasteiger partial charge in [-0.2, -0.15) is 0 Å². The average Bonchev–Trinajstić information content (AvgIpc) is 2.37. The third kappa shape index (κ3) is 3.05. The van der Waals surface area contributed by atoms with Gasteiger partial charge in [0.25, 0.3) is 0 Å². The summed E-state index contributed by atoms with van der Waals surface area (Å²) < 4.78 is 0. The first kappa shape index (κ1) is 11.2. The molecule has 0 saturated carbocycles. The van der Waals surface area contributed by atoms with Crippen molar-refractivity contribution in [2.45, 2.75) is 13.5 Å². The highest BCUT2D eigenvalue weighted by atomic mass is 14.9. The molecule has 2 aromatic rings. The number of terminal acetylenes is 1. The maximum atomic E-state index is 5.35. The Kier molecular flexibility index (Phi) is 3.37. The molecule has 1 N–H and O–H groups in total.